The number of carbonyl (C=O) groups is 1. The highest BCUT2D eigenvalue weighted by Gasteiger charge is 2.20. The summed E-state index contributed by atoms with van der Waals surface area (Å²) in [5.74, 6) is -1.07. The molecule has 3 aromatic rings. The van der Waals surface area contributed by atoms with Crippen LogP contribution in [0.2, 0.25) is 5.02 Å². The van der Waals surface area contributed by atoms with Crippen molar-refractivity contribution in [3.8, 4) is 0 Å². The first kappa shape index (κ1) is 16.0. The standard InChI is InChI=1S/C17H13ClN2O4/c18-11-7-4-8-12-14(11)16(23)24-17(19-12)20-13(15(21)22)9-10-5-2-1-3-6-10/h1-8,13H,9H2,(H,19,20)(H,21,22)/t13-/m0/s1. The summed E-state index contributed by atoms with van der Waals surface area (Å²) < 4.78 is 5.06. The average molecular weight is 345 g/mol. The Labute approximate surface area is 141 Å². The molecule has 0 aliphatic carbocycles. The maximum atomic E-state index is 12.1. The predicted octanol–water partition coefficient (Wildman–Crippen LogP) is 2.95. The van der Waals surface area contributed by atoms with Crippen molar-refractivity contribution in [1.29, 1.82) is 0 Å². The summed E-state index contributed by atoms with van der Waals surface area (Å²) in [6, 6.07) is 12.8. The molecule has 0 radical (unpaired) electrons. The van der Waals surface area contributed by atoms with Crippen molar-refractivity contribution < 1.29 is 14.3 Å². The molecule has 0 aliphatic rings. The fourth-order valence-corrected chi connectivity index (χ4v) is 2.59. The van der Waals surface area contributed by atoms with Crippen molar-refractivity contribution in [1.82, 2.24) is 4.98 Å². The van der Waals surface area contributed by atoms with Gasteiger partial charge in [0.05, 0.1) is 10.5 Å². The van der Waals surface area contributed by atoms with Crippen molar-refractivity contribution in [2.24, 2.45) is 0 Å². The van der Waals surface area contributed by atoms with Crippen molar-refractivity contribution in [3.63, 3.8) is 0 Å². The lowest BCUT2D eigenvalue weighted by molar-refractivity contribution is -0.137. The summed E-state index contributed by atoms with van der Waals surface area (Å²) in [7, 11) is 0. The third kappa shape index (κ3) is 3.38. The Kier molecular flexibility index (Phi) is 4.48. The summed E-state index contributed by atoms with van der Waals surface area (Å²) in [5.41, 5.74) is 0.505. The highest BCUT2D eigenvalue weighted by atomic mass is 35.5. The Morgan fingerprint density at radius 3 is 2.67 bits per heavy atom. The van der Waals surface area contributed by atoms with Gasteiger partial charge < -0.3 is 14.8 Å². The highest BCUT2D eigenvalue weighted by Crippen LogP contribution is 2.20. The number of fused-ring (bicyclic) bond motifs is 1. The number of hydrogen-bond acceptors (Lipinski definition) is 5. The van der Waals surface area contributed by atoms with Gasteiger partial charge in [-0.15, -0.1) is 0 Å². The van der Waals surface area contributed by atoms with Crippen LogP contribution in [0.3, 0.4) is 0 Å². The lowest BCUT2D eigenvalue weighted by atomic mass is 10.1. The van der Waals surface area contributed by atoms with Crippen molar-refractivity contribution in [2.75, 3.05) is 5.32 Å². The second-order valence-electron chi connectivity index (χ2n) is 5.17. The smallest absolute Gasteiger partial charge is 0.349 e. The van der Waals surface area contributed by atoms with Crippen LogP contribution in [0.4, 0.5) is 6.01 Å². The average Bonchev–Trinajstić information content (AvgIpc) is 2.55. The van der Waals surface area contributed by atoms with Crippen LogP contribution in [0.5, 0.6) is 0 Å². The van der Waals surface area contributed by atoms with E-state index in [0.717, 1.165) is 5.56 Å². The summed E-state index contributed by atoms with van der Waals surface area (Å²) in [5, 5.41) is 12.5. The molecule has 0 spiro atoms. The molecule has 3 rings (SSSR count). The third-order valence-electron chi connectivity index (χ3n) is 3.49. The minimum atomic E-state index is -1.07. The molecular formula is C17H13ClN2O4. The van der Waals surface area contributed by atoms with Gasteiger partial charge in [0.2, 0.25) is 0 Å². The van der Waals surface area contributed by atoms with Crippen molar-refractivity contribution >= 4 is 34.5 Å². The summed E-state index contributed by atoms with van der Waals surface area (Å²) in [6.07, 6.45) is 0.217. The lowest BCUT2D eigenvalue weighted by Gasteiger charge is -2.14. The van der Waals surface area contributed by atoms with E-state index in [2.05, 4.69) is 10.3 Å². The van der Waals surface area contributed by atoms with E-state index in [-0.39, 0.29) is 22.8 Å². The van der Waals surface area contributed by atoms with E-state index >= 15 is 0 Å². The summed E-state index contributed by atoms with van der Waals surface area (Å²) in [4.78, 5) is 27.7. The zero-order chi connectivity index (χ0) is 17.1. The van der Waals surface area contributed by atoms with Crippen LogP contribution < -0.4 is 10.9 Å². The third-order valence-corrected chi connectivity index (χ3v) is 3.80. The molecule has 1 heterocycles. The van der Waals surface area contributed by atoms with Crippen LogP contribution in [0.1, 0.15) is 5.56 Å². The predicted molar refractivity (Wildman–Crippen MR) is 90.5 cm³/mol. The van der Waals surface area contributed by atoms with Crippen molar-refractivity contribution in [3.05, 3.63) is 69.5 Å². The number of nitrogens with zero attached hydrogens (tertiary/aromatic N) is 1. The first-order valence-corrected chi connectivity index (χ1v) is 7.55. The molecule has 24 heavy (non-hydrogen) atoms. The van der Waals surface area contributed by atoms with E-state index in [1.54, 1.807) is 18.2 Å². The van der Waals surface area contributed by atoms with Gasteiger partial charge >= 0.3 is 11.6 Å². The highest BCUT2D eigenvalue weighted by molar-refractivity contribution is 6.35. The normalized spacial score (nSPS) is 12.0. The lowest BCUT2D eigenvalue weighted by Crippen LogP contribution is -2.32. The van der Waals surface area contributed by atoms with E-state index in [1.165, 1.54) is 0 Å². The van der Waals surface area contributed by atoms with Crippen molar-refractivity contribution in [2.45, 2.75) is 12.5 Å². The number of benzene rings is 2. The molecule has 0 fully saturated rings. The number of halogens is 1. The molecule has 7 heteroatoms. The van der Waals surface area contributed by atoms with Crippen LogP contribution >= 0.6 is 11.6 Å². The molecule has 1 aromatic heterocycles. The van der Waals surface area contributed by atoms with Gasteiger partial charge in [-0.1, -0.05) is 48.0 Å². The number of carboxylic acid groups (broad SMARTS) is 1. The molecule has 0 saturated carbocycles. The molecule has 122 valence electrons. The van der Waals surface area contributed by atoms with E-state index in [0.29, 0.717) is 5.52 Å². The summed E-state index contributed by atoms with van der Waals surface area (Å²) >= 11 is 5.96. The van der Waals surface area contributed by atoms with E-state index in [4.69, 9.17) is 16.0 Å². The second-order valence-corrected chi connectivity index (χ2v) is 5.57. The van der Waals surface area contributed by atoms with Crippen LogP contribution in [0, 0.1) is 0 Å². The molecule has 2 N–H and O–H groups in total. The number of aromatic nitrogens is 1. The number of nitrogens with one attached hydrogen (secondary N) is 1. The van der Waals surface area contributed by atoms with Gasteiger partial charge in [-0.25, -0.2) is 9.59 Å². The number of rotatable bonds is 5. The molecule has 0 unspecified atom stereocenters. The molecule has 0 bridgehead atoms. The van der Waals surface area contributed by atoms with Crippen LogP contribution in [0.15, 0.2) is 57.7 Å². The molecule has 1 atom stereocenters. The molecule has 0 saturated heterocycles. The SMILES string of the molecule is O=C(O)[C@H](Cc1ccccc1)Nc1nc2cccc(Cl)c2c(=O)o1. The monoisotopic (exact) mass is 344 g/mol. The molecule has 6 nitrogen and oxygen atoms in total. The Morgan fingerprint density at radius 1 is 1.21 bits per heavy atom. The topological polar surface area (TPSA) is 92.4 Å². The molecule has 2 aromatic carbocycles. The van der Waals surface area contributed by atoms with Crippen LogP contribution in [-0.4, -0.2) is 22.1 Å². The Bertz CT molecular complexity index is 940. The number of carboxylic acids is 1. The Hall–Kier alpha value is -2.86. The number of aliphatic carboxylic acids is 1. The largest absolute Gasteiger partial charge is 0.480 e. The fourth-order valence-electron chi connectivity index (χ4n) is 2.34. The van der Waals surface area contributed by atoms with Gasteiger partial charge in [0.25, 0.3) is 6.01 Å². The fraction of sp³-hybridized carbons (Fsp3) is 0.118. The van der Waals surface area contributed by atoms with Gasteiger partial charge in [-0.05, 0) is 17.7 Å². The Balaban J connectivity index is 1.92. The number of hydrogen-bond donors (Lipinski definition) is 2. The van der Waals surface area contributed by atoms with Crippen LogP contribution in [0.25, 0.3) is 10.9 Å². The van der Waals surface area contributed by atoms with E-state index in [1.807, 2.05) is 30.3 Å². The van der Waals surface area contributed by atoms with Gasteiger partial charge in [0.1, 0.15) is 11.4 Å². The maximum absolute atomic E-state index is 12.1. The Morgan fingerprint density at radius 2 is 1.96 bits per heavy atom. The molecular weight excluding hydrogens is 332 g/mol. The first-order chi connectivity index (χ1) is 11.5. The van der Waals surface area contributed by atoms with Gasteiger partial charge in [-0.2, -0.15) is 4.98 Å². The van der Waals surface area contributed by atoms with Gasteiger partial charge in [0.15, 0.2) is 0 Å². The summed E-state index contributed by atoms with van der Waals surface area (Å²) in [6.45, 7) is 0. The zero-order valence-electron chi connectivity index (χ0n) is 12.4. The van der Waals surface area contributed by atoms with Gasteiger partial charge in [0, 0.05) is 6.42 Å². The molecule has 0 aliphatic heterocycles. The minimum Gasteiger partial charge on any atom is -0.480 e. The second kappa shape index (κ2) is 6.72. The molecule has 0 amide bonds. The maximum Gasteiger partial charge on any atom is 0.349 e. The quantitative estimate of drug-likeness (QED) is 0.739. The number of anilines is 1. The van der Waals surface area contributed by atoms with E-state index < -0.39 is 17.6 Å². The minimum absolute atomic E-state index is 0.155. The zero-order valence-corrected chi connectivity index (χ0v) is 13.2. The van der Waals surface area contributed by atoms with E-state index in [9.17, 15) is 14.7 Å². The van der Waals surface area contributed by atoms with Crippen LogP contribution in [-0.2, 0) is 11.2 Å². The van der Waals surface area contributed by atoms with Gasteiger partial charge in [-0.3, -0.25) is 0 Å². The first-order valence-electron chi connectivity index (χ1n) is 7.17.